The van der Waals surface area contributed by atoms with Gasteiger partial charge in [0.05, 0.1) is 19.1 Å². The fourth-order valence-corrected chi connectivity index (χ4v) is 3.01. The van der Waals surface area contributed by atoms with Crippen molar-refractivity contribution in [2.75, 3.05) is 44.3 Å². The molecule has 114 valence electrons. The predicted octanol–water partition coefficient (Wildman–Crippen LogP) is 1.21. The minimum atomic E-state index is 0.0364. The Labute approximate surface area is 129 Å². The Kier molecular flexibility index (Phi) is 4.55. The second-order valence-corrected chi connectivity index (χ2v) is 5.82. The van der Waals surface area contributed by atoms with Crippen LogP contribution in [-0.2, 0) is 9.53 Å². The first kappa shape index (κ1) is 14.5. The molecule has 0 aliphatic carbocycles. The average Bonchev–Trinajstić information content (AvgIpc) is 2.56. The van der Waals surface area contributed by atoms with Gasteiger partial charge in [-0.1, -0.05) is 11.6 Å². The van der Waals surface area contributed by atoms with Crippen molar-refractivity contribution < 1.29 is 9.53 Å². The lowest BCUT2D eigenvalue weighted by atomic mass is 9.96. The standard InChI is InChI=1S/C14H19ClN4O2/c15-12-3-4-13(17-16-12)19-5-1-2-11(10-19)14(20)18-6-8-21-9-7-18/h3-4,11H,1-2,5-10H2. The molecule has 1 atom stereocenters. The molecule has 7 heteroatoms. The number of carbonyl (C=O) groups is 1. The highest BCUT2D eigenvalue weighted by Gasteiger charge is 2.30. The van der Waals surface area contributed by atoms with Crippen molar-refractivity contribution in [3.8, 4) is 0 Å². The summed E-state index contributed by atoms with van der Waals surface area (Å²) in [6.07, 6.45) is 1.93. The van der Waals surface area contributed by atoms with Gasteiger partial charge in [-0.15, -0.1) is 10.2 Å². The first-order valence-corrected chi connectivity index (χ1v) is 7.72. The molecule has 21 heavy (non-hydrogen) atoms. The van der Waals surface area contributed by atoms with Crippen molar-refractivity contribution >= 4 is 23.3 Å². The number of piperidine rings is 1. The monoisotopic (exact) mass is 310 g/mol. The van der Waals surface area contributed by atoms with E-state index in [1.54, 1.807) is 6.07 Å². The largest absolute Gasteiger partial charge is 0.378 e. The maximum atomic E-state index is 12.6. The lowest BCUT2D eigenvalue weighted by Crippen LogP contribution is -2.48. The first-order valence-electron chi connectivity index (χ1n) is 7.35. The molecule has 0 spiro atoms. The minimum absolute atomic E-state index is 0.0364. The van der Waals surface area contributed by atoms with Crippen LogP contribution < -0.4 is 4.90 Å². The fraction of sp³-hybridized carbons (Fsp3) is 0.643. The number of hydrogen-bond acceptors (Lipinski definition) is 5. The maximum Gasteiger partial charge on any atom is 0.227 e. The molecule has 2 fully saturated rings. The maximum absolute atomic E-state index is 12.6. The predicted molar refractivity (Wildman–Crippen MR) is 79.4 cm³/mol. The number of hydrogen-bond donors (Lipinski definition) is 0. The fourth-order valence-electron chi connectivity index (χ4n) is 2.91. The third kappa shape index (κ3) is 3.44. The first-order chi connectivity index (χ1) is 10.2. The van der Waals surface area contributed by atoms with Crippen molar-refractivity contribution in [2.24, 2.45) is 5.92 Å². The molecule has 0 aromatic carbocycles. The van der Waals surface area contributed by atoms with Crippen molar-refractivity contribution in [2.45, 2.75) is 12.8 Å². The summed E-state index contributed by atoms with van der Waals surface area (Å²) in [7, 11) is 0. The van der Waals surface area contributed by atoms with E-state index < -0.39 is 0 Å². The zero-order chi connectivity index (χ0) is 14.7. The van der Waals surface area contributed by atoms with Gasteiger partial charge in [0, 0.05) is 26.2 Å². The zero-order valence-corrected chi connectivity index (χ0v) is 12.6. The number of nitrogens with zero attached hydrogens (tertiary/aromatic N) is 4. The topological polar surface area (TPSA) is 58.6 Å². The van der Waals surface area contributed by atoms with Gasteiger partial charge in [0.25, 0.3) is 0 Å². The molecular formula is C14H19ClN4O2. The van der Waals surface area contributed by atoms with Gasteiger partial charge in [-0.2, -0.15) is 0 Å². The van der Waals surface area contributed by atoms with E-state index in [1.807, 2.05) is 11.0 Å². The van der Waals surface area contributed by atoms with E-state index in [1.165, 1.54) is 0 Å². The van der Waals surface area contributed by atoms with Gasteiger partial charge in [0.1, 0.15) is 0 Å². The molecule has 1 amide bonds. The summed E-state index contributed by atoms with van der Waals surface area (Å²) in [6.45, 7) is 4.30. The summed E-state index contributed by atoms with van der Waals surface area (Å²) in [5.74, 6) is 1.07. The molecule has 0 saturated carbocycles. The summed E-state index contributed by atoms with van der Waals surface area (Å²) in [5, 5.41) is 8.37. The van der Waals surface area contributed by atoms with Gasteiger partial charge in [-0.05, 0) is 25.0 Å². The Morgan fingerprint density at radius 2 is 2.05 bits per heavy atom. The average molecular weight is 311 g/mol. The van der Waals surface area contributed by atoms with Crippen LogP contribution in [0, 0.1) is 5.92 Å². The molecule has 0 N–H and O–H groups in total. The van der Waals surface area contributed by atoms with Gasteiger partial charge < -0.3 is 14.5 Å². The van der Waals surface area contributed by atoms with Crippen molar-refractivity contribution in [3.63, 3.8) is 0 Å². The van der Waals surface area contributed by atoms with Crippen LogP contribution in [0.4, 0.5) is 5.82 Å². The van der Waals surface area contributed by atoms with Gasteiger partial charge in [-0.3, -0.25) is 4.79 Å². The molecule has 0 radical (unpaired) electrons. The third-order valence-corrected chi connectivity index (χ3v) is 4.24. The van der Waals surface area contributed by atoms with Gasteiger partial charge >= 0.3 is 0 Å². The van der Waals surface area contributed by atoms with Crippen LogP contribution in [0.1, 0.15) is 12.8 Å². The van der Waals surface area contributed by atoms with Crippen LogP contribution in [0.25, 0.3) is 0 Å². The number of anilines is 1. The second kappa shape index (κ2) is 6.58. The molecule has 1 unspecified atom stereocenters. The van der Waals surface area contributed by atoms with Gasteiger partial charge in [0.2, 0.25) is 5.91 Å². The van der Waals surface area contributed by atoms with Gasteiger partial charge in [0.15, 0.2) is 11.0 Å². The molecule has 2 aliphatic heterocycles. The third-order valence-electron chi connectivity index (χ3n) is 4.04. The summed E-state index contributed by atoms with van der Waals surface area (Å²) in [4.78, 5) is 16.6. The normalized spacial score (nSPS) is 23.2. The van der Waals surface area contributed by atoms with E-state index in [0.717, 1.165) is 25.2 Å². The van der Waals surface area contributed by atoms with E-state index in [0.29, 0.717) is 38.0 Å². The van der Waals surface area contributed by atoms with Crippen molar-refractivity contribution in [1.29, 1.82) is 0 Å². The Balaban J connectivity index is 1.64. The Morgan fingerprint density at radius 3 is 2.76 bits per heavy atom. The number of aromatic nitrogens is 2. The lowest BCUT2D eigenvalue weighted by Gasteiger charge is -2.36. The van der Waals surface area contributed by atoms with Crippen LogP contribution in [0.3, 0.4) is 0 Å². The molecule has 3 rings (SSSR count). The molecule has 1 aromatic rings. The highest BCUT2D eigenvalue weighted by molar-refractivity contribution is 6.29. The number of carbonyl (C=O) groups excluding carboxylic acids is 1. The van der Waals surface area contributed by atoms with Crippen molar-refractivity contribution in [3.05, 3.63) is 17.3 Å². The highest BCUT2D eigenvalue weighted by Crippen LogP contribution is 2.23. The number of ether oxygens (including phenoxy) is 1. The number of halogens is 1. The number of rotatable bonds is 2. The smallest absolute Gasteiger partial charge is 0.227 e. The van der Waals surface area contributed by atoms with Gasteiger partial charge in [-0.25, -0.2) is 0 Å². The Morgan fingerprint density at radius 1 is 1.24 bits per heavy atom. The second-order valence-electron chi connectivity index (χ2n) is 5.44. The van der Waals surface area contributed by atoms with Crippen LogP contribution >= 0.6 is 11.6 Å². The summed E-state index contributed by atoms with van der Waals surface area (Å²) < 4.78 is 5.30. The molecular weight excluding hydrogens is 292 g/mol. The number of morpholine rings is 1. The van der Waals surface area contributed by atoms with E-state index in [2.05, 4.69) is 15.1 Å². The summed E-state index contributed by atoms with van der Waals surface area (Å²) in [6, 6.07) is 3.59. The molecule has 3 heterocycles. The quantitative estimate of drug-likeness (QED) is 0.821. The molecule has 2 saturated heterocycles. The lowest BCUT2D eigenvalue weighted by molar-refractivity contribution is -0.139. The summed E-state index contributed by atoms with van der Waals surface area (Å²) >= 11 is 5.77. The van der Waals surface area contributed by atoms with Crippen LogP contribution in [0.15, 0.2) is 12.1 Å². The van der Waals surface area contributed by atoms with E-state index >= 15 is 0 Å². The molecule has 1 aromatic heterocycles. The van der Waals surface area contributed by atoms with E-state index in [4.69, 9.17) is 16.3 Å². The molecule has 6 nitrogen and oxygen atoms in total. The number of amides is 1. The van der Waals surface area contributed by atoms with E-state index in [9.17, 15) is 4.79 Å². The van der Waals surface area contributed by atoms with Crippen LogP contribution in [0.5, 0.6) is 0 Å². The van der Waals surface area contributed by atoms with E-state index in [-0.39, 0.29) is 11.8 Å². The molecule has 0 bridgehead atoms. The van der Waals surface area contributed by atoms with Crippen LogP contribution in [0.2, 0.25) is 5.15 Å². The van der Waals surface area contributed by atoms with Crippen LogP contribution in [-0.4, -0.2) is 60.4 Å². The summed E-state index contributed by atoms with van der Waals surface area (Å²) in [5.41, 5.74) is 0. The minimum Gasteiger partial charge on any atom is -0.378 e. The highest BCUT2D eigenvalue weighted by atomic mass is 35.5. The SMILES string of the molecule is O=C(C1CCCN(c2ccc(Cl)nn2)C1)N1CCOCC1. The van der Waals surface area contributed by atoms with Crippen molar-refractivity contribution in [1.82, 2.24) is 15.1 Å². The zero-order valence-electron chi connectivity index (χ0n) is 11.9. The molecule has 2 aliphatic rings. The Bertz CT molecular complexity index is 490. The Hall–Kier alpha value is -1.40.